The second-order valence-electron chi connectivity index (χ2n) is 6.15. The molecule has 0 radical (unpaired) electrons. The fourth-order valence-electron chi connectivity index (χ4n) is 3.03. The molecule has 6 nitrogen and oxygen atoms in total. The van der Waals surface area contributed by atoms with Crippen LogP contribution >= 0.6 is 0 Å². The Labute approximate surface area is 144 Å². The van der Waals surface area contributed by atoms with Gasteiger partial charge < -0.3 is 19.5 Å². The first-order valence-corrected chi connectivity index (χ1v) is 8.49. The van der Waals surface area contributed by atoms with Gasteiger partial charge in [0.2, 0.25) is 0 Å². The maximum absolute atomic E-state index is 10.5. The molecule has 1 fully saturated rings. The van der Waals surface area contributed by atoms with Crippen LogP contribution in [0.25, 0.3) is 0 Å². The molecule has 1 aromatic carbocycles. The summed E-state index contributed by atoms with van der Waals surface area (Å²) in [4.78, 5) is 15.4. The minimum Gasteiger partial charge on any atom is -0.497 e. The van der Waals surface area contributed by atoms with Crippen molar-refractivity contribution in [3.63, 3.8) is 0 Å². The largest absolute Gasteiger partial charge is 0.497 e. The Morgan fingerprint density at radius 2 is 1.79 bits per heavy atom. The first-order valence-electron chi connectivity index (χ1n) is 8.49. The van der Waals surface area contributed by atoms with Crippen molar-refractivity contribution in [2.45, 2.75) is 25.8 Å². The van der Waals surface area contributed by atoms with E-state index in [1.807, 2.05) is 18.2 Å². The molecule has 1 saturated heterocycles. The van der Waals surface area contributed by atoms with Gasteiger partial charge in [0.1, 0.15) is 11.5 Å². The summed E-state index contributed by atoms with van der Waals surface area (Å²) < 4.78 is 10.8. The van der Waals surface area contributed by atoms with Crippen LogP contribution in [-0.4, -0.2) is 67.8 Å². The molecular weight excluding hydrogens is 308 g/mol. The van der Waals surface area contributed by atoms with Crippen molar-refractivity contribution in [1.29, 1.82) is 0 Å². The third kappa shape index (κ3) is 5.69. The SMILES string of the molecule is COc1ccc(OC)c(CN2CCN(CCCCC(=O)O)CC2)c1. The van der Waals surface area contributed by atoms with E-state index in [-0.39, 0.29) is 6.42 Å². The lowest BCUT2D eigenvalue weighted by atomic mass is 10.1. The number of benzene rings is 1. The molecule has 0 unspecified atom stereocenters. The average Bonchev–Trinajstić information content (AvgIpc) is 2.60. The van der Waals surface area contributed by atoms with E-state index in [2.05, 4.69) is 9.80 Å². The van der Waals surface area contributed by atoms with E-state index in [9.17, 15) is 4.79 Å². The van der Waals surface area contributed by atoms with Gasteiger partial charge in [0.05, 0.1) is 14.2 Å². The highest BCUT2D eigenvalue weighted by Crippen LogP contribution is 2.25. The molecule has 1 aliphatic heterocycles. The lowest BCUT2D eigenvalue weighted by Gasteiger charge is -2.35. The number of hydrogen-bond donors (Lipinski definition) is 1. The topological polar surface area (TPSA) is 62.2 Å². The summed E-state index contributed by atoms with van der Waals surface area (Å²) in [6.45, 7) is 5.92. The van der Waals surface area contributed by atoms with E-state index < -0.39 is 5.97 Å². The maximum Gasteiger partial charge on any atom is 0.303 e. The minimum atomic E-state index is -0.702. The predicted octanol–water partition coefficient (Wildman–Crippen LogP) is 2.08. The summed E-state index contributed by atoms with van der Waals surface area (Å²) in [6.07, 6.45) is 1.99. The summed E-state index contributed by atoms with van der Waals surface area (Å²) in [5, 5.41) is 8.67. The summed E-state index contributed by atoms with van der Waals surface area (Å²) in [6, 6.07) is 5.90. The quantitative estimate of drug-likeness (QED) is 0.697. The molecule has 0 aliphatic carbocycles. The Kier molecular flexibility index (Phi) is 7.34. The Morgan fingerprint density at radius 1 is 1.08 bits per heavy atom. The number of carbonyl (C=O) groups is 1. The number of carboxylic acids is 1. The average molecular weight is 336 g/mol. The normalized spacial score (nSPS) is 16.1. The van der Waals surface area contributed by atoms with Gasteiger partial charge in [-0.3, -0.25) is 9.69 Å². The minimum absolute atomic E-state index is 0.273. The number of carboxylic acid groups (broad SMARTS) is 1. The smallest absolute Gasteiger partial charge is 0.303 e. The Hall–Kier alpha value is -1.79. The van der Waals surface area contributed by atoms with Gasteiger partial charge in [0.15, 0.2) is 0 Å². The van der Waals surface area contributed by atoms with Crippen molar-refractivity contribution in [1.82, 2.24) is 9.80 Å². The van der Waals surface area contributed by atoms with E-state index in [0.717, 1.165) is 69.2 Å². The molecular formula is C18H28N2O4. The van der Waals surface area contributed by atoms with Gasteiger partial charge in [-0.15, -0.1) is 0 Å². The third-order valence-electron chi connectivity index (χ3n) is 4.46. The molecule has 0 aromatic heterocycles. The van der Waals surface area contributed by atoms with Crippen molar-refractivity contribution < 1.29 is 19.4 Å². The number of unbranched alkanes of at least 4 members (excludes halogenated alkanes) is 1. The Bertz CT molecular complexity index is 528. The summed E-state index contributed by atoms with van der Waals surface area (Å²) in [5.41, 5.74) is 1.15. The highest BCUT2D eigenvalue weighted by atomic mass is 16.5. The number of ether oxygens (including phenoxy) is 2. The van der Waals surface area contributed by atoms with Gasteiger partial charge in [-0.25, -0.2) is 0 Å². The van der Waals surface area contributed by atoms with Crippen molar-refractivity contribution >= 4 is 5.97 Å². The molecule has 24 heavy (non-hydrogen) atoms. The second kappa shape index (κ2) is 9.49. The first-order chi connectivity index (χ1) is 11.6. The van der Waals surface area contributed by atoms with Gasteiger partial charge in [0, 0.05) is 44.7 Å². The maximum atomic E-state index is 10.5. The van der Waals surface area contributed by atoms with Crippen molar-refractivity contribution in [3.05, 3.63) is 23.8 Å². The summed E-state index contributed by atoms with van der Waals surface area (Å²) in [5.74, 6) is 1.04. The third-order valence-corrected chi connectivity index (χ3v) is 4.46. The molecule has 0 spiro atoms. The van der Waals surface area contributed by atoms with Gasteiger partial charge >= 0.3 is 5.97 Å². The van der Waals surface area contributed by atoms with Crippen LogP contribution in [0.2, 0.25) is 0 Å². The number of rotatable bonds is 9. The fraction of sp³-hybridized carbons (Fsp3) is 0.611. The molecule has 1 heterocycles. The zero-order chi connectivity index (χ0) is 17.4. The molecule has 0 saturated carbocycles. The molecule has 0 atom stereocenters. The van der Waals surface area contributed by atoms with Crippen LogP contribution in [0.3, 0.4) is 0 Å². The number of methoxy groups -OCH3 is 2. The first kappa shape index (κ1) is 18.5. The van der Waals surface area contributed by atoms with Gasteiger partial charge in [0.25, 0.3) is 0 Å². The number of piperazine rings is 1. The van der Waals surface area contributed by atoms with Crippen LogP contribution in [0.5, 0.6) is 11.5 Å². The summed E-state index contributed by atoms with van der Waals surface area (Å²) in [7, 11) is 3.37. The van der Waals surface area contributed by atoms with Crippen molar-refractivity contribution in [2.75, 3.05) is 46.9 Å². The highest BCUT2D eigenvalue weighted by Gasteiger charge is 2.18. The predicted molar refractivity (Wildman–Crippen MR) is 92.7 cm³/mol. The molecule has 1 aromatic rings. The molecule has 0 amide bonds. The molecule has 2 rings (SSSR count). The van der Waals surface area contributed by atoms with E-state index in [1.165, 1.54) is 0 Å². The molecule has 1 aliphatic rings. The number of aliphatic carboxylic acids is 1. The van der Waals surface area contributed by atoms with Crippen LogP contribution in [-0.2, 0) is 11.3 Å². The monoisotopic (exact) mass is 336 g/mol. The van der Waals surface area contributed by atoms with E-state index >= 15 is 0 Å². The standard InChI is InChI=1S/C18H28N2O4/c1-23-16-6-7-17(24-2)15(13-16)14-20-11-9-19(10-12-20)8-4-3-5-18(21)22/h6-7,13H,3-5,8-12,14H2,1-2H3,(H,21,22). The molecule has 0 bridgehead atoms. The van der Waals surface area contributed by atoms with Crippen molar-refractivity contribution in [3.8, 4) is 11.5 Å². The number of nitrogens with zero attached hydrogens (tertiary/aromatic N) is 2. The van der Waals surface area contributed by atoms with Crippen LogP contribution in [0.1, 0.15) is 24.8 Å². The Morgan fingerprint density at radius 3 is 2.42 bits per heavy atom. The van der Waals surface area contributed by atoms with Crippen LogP contribution < -0.4 is 9.47 Å². The number of hydrogen-bond acceptors (Lipinski definition) is 5. The lowest BCUT2D eigenvalue weighted by Crippen LogP contribution is -2.46. The zero-order valence-electron chi connectivity index (χ0n) is 14.7. The van der Waals surface area contributed by atoms with E-state index in [4.69, 9.17) is 14.6 Å². The lowest BCUT2D eigenvalue weighted by molar-refractivity contribution is -0.137. The fourth-order valence-corrected chi connectivity index (χ4v) is 3.03. The van der Waals surface area contributed by atoms with Crippen LogP contribution in [0, 0.1) is 0 Å². The second-order valence-corrected chi connectivity index (χ2v) is 6.15. The van der Waals surface area contributed by atoms with E-state index in [0.29, 0.717) is 0 Å². The van der Waals surface area contributed by atoms with E-state index in [1.54, 1.807) is 14.2 Å². The summed E-state index contributed by atoms with van der Waals surface area (Å²) >= 11 is 0. The van der Waals surface area contributed by atoms with Gasteiger partial charge in [-0.2, -0.15) is 0 Å². The molecule has 6 heteroatoms. The molecule has 1 N–H and O–H groups in total. The molecule has 134 valence electrons. The van der Waals surface area contributed by atoms with Crippen LogP contribution in [0.4, 0.5) is 0 Å². The van der Waals surface area contributed by atoms with Gasteiger partial charge in [-0.05, 0) is 37.6 Å². The zero-order valence-corrected chi connectivity index (χ0v) is 14.7. The van der Waals surface area contributed by atoms with Gasteiger partial charge in [-0.1, -0.05) is 0 Å². The van der Waals surface area contributed by atoms with Crippen LogP contribution in [0.15, 0.2) is 18.2 Å². The Balaban J connectivity index is 1.77. The highest BCUT2D eigenvalue weighted by molar-refractivity contribution is 5.66. The van der Waals surface area contributed by atoms with Crippen molar-refractivity contribution in [2.24, 2.45) is 0 Å².